The summed E-state index contributed by atoms with van der Waals surface area (Å²) in [5.74, 6) is 0.0377. The molecular weight excluding hydrogens is 302 g/mol. The van der Waals surface area contributed by atoms with Crippen molar-refractivity contribution < 1.29 is 14.6 Å². The molecule has 1 aromatic heterocycles. The zero-order valence-corrected chi connectivity index (χ0v) is 13.3. The van der Waals surface area contributed by atoms with Crippen LogP contribution in [0.15, 0.2) is 60.8 Å². The molecule has 0 atom stereocenters. The van der Waals surface area contributed by atoms with Gasteiger partial charge in [0.2, 0.25) is 0 Å². The highest BCUT2D eigenvalue weighted by molar-refractivity contribution is 5.81. The average molecular weight is 321 g/mol. The lowest BCUT2D eigenvalue weighted by molar-refractivity contribution is -0.137. The third-order valence-corrected chi connectivity index (χ3v) is 3.88. The Morgan fingerprint density at radius 1 is 1.08 bits per heavy atom. The summed E-state index contributed by atoms with van der Waals surface area (Å²) in [6, 6.07) is 17.8. The van der Waals surface area contributed by atoms with E-state index >= 15 is 0 Å². The number of aryl methyl sites for hydroxylation is 1. The molecule has 24 heavy (non-hydrogen) atoms. The van der Waals surface area contributed by atoms with Crippen LogP contribution in [0.1, 0.15) is 24.0 Å². The Balaban J connectivity index is 1.67. The van der Waals surface area contributed by atoms with Crippen LogP contribution >= 0.6 is 0 Å². The zero-order chi connectivity index (χ0) is 16.8. The van der Waals surface area contributed by atoms with Crippen LogP contribution in [0, 0.1) is 0 Å². The number of rotatable bonds is 7. The van der Waals surface area contributed by atoms with Crippen LogP contribution in [0.5, 0.6) is 5.75 Å². The van der Waals surface area contributed by atoms with Gasteiger partial charge in [0, 0.05) is 18.0 Å². The average Bonchev–Trinajstić information content (AvgIpc) is 2.60. The number of ether oxygens (including phenoxy) is 1. The number of aliphatic carboxylic acids is 1. The van der Waals surface area contributed by atoms with Gasteiger partial charge < -0.3 is 9.84 Å². The third kappa shape index (κ3) is 4.10. The van der Waals surface area contributed by atoms with Gasteiger partial charge in [0.15, 0.2) is 0 Å². The molecule has 122 valence electrons. The van der Waals surface area contributed by atoms with Crippen molar-refractivity contribution in [2.45, 2.75) is 25.9 Å². The lowest BCUT2D eigenvalue weighted by Crippen LogP contribution is -1.98. The van der Waals surface area contributed by atoms with E-state index in [1.807, 2.05) is 54.6 Å². The van der Waals surface area contributed by atoms with E-state index in [1.54, 1.807) is 6.20 Å². The van der Waals surface area contributed by atoms with Crippen LogP contribution < -0.4 is 4.74 Å². The van der Waals surface area contributed by atoms with E-state index in [2.05, 4.69) is 4.98 Å². The number of hydrogen-bond acceptors (Lipinski definition) is 3. The molecule has 0 radical (unpaired) electrons. The minimum absolute atomic E-state index is 0.189. The molecule has 2 aromatic carbocycles. The van der Waals surface area contributed by atoms with Gasteiger partial charge in [-0.05, 0) is 48.2 Å². The van der Waals surface area contributed by atoms with Crippen LogP contribution in [0.3, 0.4) is 0 Å². The number of nitrogens with zero attached hydrogens (tertiary/aromatic N) is 1. The SMILES string of the molecule is O=C(O)CCCc1cccc(OCc2cccc3ncccc23)c1. The number of hydrogen-bond donors (Lipinski definition) is 1. The second-order valence-electron chi connectivity index (χ2n) is 5.67. The fourth-order valence-electron chi connectivity index (χ4n) is 2.69. The van der Waals surface area contributed by atoms with E-state index in [1.165, 1.54) is 0 Å². The maximum Gasteiger partial charge on any atom is 0.303 e. The second-order valence-corrected chi connectivity index (χ2v) is 5.67. The predicted molar refractivity (Wildman–Crippen MR) is 93.1 cm³/mol. The quantitative estimate of drug-likeness (QED) is 0.708. The molecule has 0 aliphatic heterocycles. The Morgan fingerprint density at radius 3 is 2.83 bits per heavy atom. The molecule has 0 bridgehead atoms. The fraction of sp³-hybridized carbons (Fsp3) is 0.200. The Labute approximate surface area is 140 Å². The maximum absolute atomic E-state index is 10.6. The number of carboxylic acid groups (broad SMARTS) is 1. The van der Waals surface area contributed by atoms with Crippen molar-refractivity contribution in [1.82, 2.24) is 4.98 Å². The van der Waals surface area contributed by atoms with Gasteiger partial charge >= 0.3 is 5.97 Å². The summed E-state index contributed by atoms with van der Waals surface area (Å²) in [6.45, 7) is 0.474. The highest BCUT2D eigenvalue weighted by Gasteiger charge is 2.04. The van der Waals surface area contributed by atoms with Crippen molar-refractivity contribution in [3.05, 3.63) is 71.9 Å². The molecule has 0 fully saturated rings. The van der Waals surface area contributed by atoms with Crippen molar-refractivity contribution >= 4 is 16.9 Å². The standard InChI is InChI=1S/C20H19NO3/c22-20(23)11-2-6-15-5-1-8-17(13-15)24-14-16-7-3-10-19-18(16)9-4-12-21-19/h1,3-5,7-10,12-13H,2,6,11,14H2,(H,22,23). The summed E-state index contributed by atoms with van der Waals surface area (Å²) in [5.41, 5.74) is 3.14. The summed E-state index contributed by atoms with van der Waals surface area (Å²) in [4.78, 5) is 14.9. The number of benzene rings is 2. The van der Waals surface area contributed by atoms with Crippen LogP contribution in [0.25, 0.3) is 10.9 Å². The second kappa shape index (κ2) is 7.59. The minimum atomic E-state index is -0.757. The summed E-state index contributed by atoms with van der Waals surface area (Å²) >= 11 is 0. The zero-order valence-electron chi connectivity index (χ0n) is 13.3. The van der Waals surface area contributed by atoms with Gasteiger partial charge in [0.05, 0.1) is 5.52 Å². The largest absolute Gasteiger partial charge is 0.489 e. The molecule has 3 aromatic rings. The van der Waals surface area contributed by atoms with E-state index in [9.17, 15) is 4.79 Å². The summed E-state index contributed by atoms with van der Waals surface area (Å²) in [5, 5.41) is 9.81. The molecule has 0 aliphatic rings. The van der Waals surface area contributed by atoms with Crippen molar-refractivity contribution in [3.63, 3.8) is 0 Å². The number of aromatic nitrogens is 1. The predicted octanol–water partition coefficient (Wildman–Crippen LogP) is 4.22. The smallest absolute Gasteiger partial charge is 0.303 e. The summed E-state index contributed by atoms with van der Waals surface area (Å²) < 4.78 is 5.92. The molecule has 3 rings (SSSR count). The van der Waals surface area contributed by atoms with Gasteiger partial charge in [-0.25, -0.2) is 0 Å². The minimum Gasteiger partial charge on any atom is -0.489 e. The van der Waals surface area contributed by atoms with Crippen LogP contribution in [0.2, 0.25) is 0 Å². The first-order chi connectivity index (χ1) is 11.7. The van der Waals surface area contributed by atoms with Crippen LogP contribution in [-0.2, 0) is 17.8 Å². The molecule has 0 saturated heterocycles. The molecule has 0 spiro atoms. The first-order valence-corrected chi connectivity index (χ1v) is 7.98. The summed E-state index contributed by atoms with van der Waals surface area (Å²) in [7, 11) is 0. The lowest BCUT2D eigenvalue weighted by Gasteiger charge is -2.10. The Bertz CT molecular complexity index is 840. The molecule has 1 N–H and O–H groups in total. The Morgan fingerprint density at radius 2 is 1.96 bits per heavy atom. The number of pyridine rings is 1. The van der Waals surface area contributed by atoms with Gasteiger partial charge in [-0.2, -0.15) is 0 Å². The van der Waals surface area contributed by atoms with E-state index in [0.717, 1.165) is 34.2 Å². The maximum atomic E-state index is 10.6. The summed E-state index contributed by atoms with van der Waals surface area (Å²) in [6.07, 6.45) is 3.34. The molecule has 4 heteroatoms. The first-order valence-electron chi connectivity index (χ1n) is 7.98. The van der Waals surface area contributed by atoms with Crippen LogP contribution in [0.4, 0.5) is 0 Å². The number of carboxylic acids is 1. The van der Waals surface area contributed by atoms with Gasteiger partial charge in [-0.15, -0.1) is 0 Å². The number of carbonyl (C=O) groups is 1. The molecule has 0 amide bonds. The molecule has 0 saturated carbocycles. The molecule has 0 unspecified atom stereocenters. The molecule has 0 aliphatic carbocycles. The van der Waals surface area contributed by atoms with Crippen LogP contribution in [-0.4, -0.2) is 16.1 Å². The van der Waals surface area contributed by atoms with E-state index in [0.29, 0.717) is 13.0 Å². The highest BCUT2D eigenvalue weighted by atomic mass is 16.5. The monoisotopic (exact) mass is 321 g/mol. The van der Waals surface area contributed by atoms with Crippen molar-refractivity contribution in [1.29, 1.82) is 0 Å². The van der Waals surface area contributed by atoms with Crippen molar-refractivity contribution in [2.75, 3.05) is 0 Å². The van der Waals surface area contributed by atoms with E-state index in [-0.39, 0.29) is 6.42 Å². The third-order valence-electron chi connectivity index (χ3n) is 3.88. The van der Waals surface area contributed by atoms with Gasteiger partial charge in [-0.3, -0.25) is 9.78 Å². The van der Waals surface area contributed by atoms with Crippen molar-refractivity contribution in [2.24, 2.45) is 0 Å². The topological polar surface area (TPSA) is 59.4 Å². The number of fused-ring (bicyclic) bond motifs is 1. The normalized spacial score (nSPS) is 10.7. The molecule has 4 nitrogen and oxygen atoms in total. The van der Waals surface area contributed by atoms with Gasteiger partial charge in [-0.1, -0.05) is 30.3 Å². The fourth-order valence-corrected chi connectivity index (χ4v) is 2.69. The molecule has 1 heterocycles. The lowest BCUT2D eigenvalue weighted by atomic mass is 10.1. The Hall–Kier alpha value is -2.88. The van der Waals surface area contributed by atoms with Gasteiger partial charge in [0.25, 0.3) is 0 Å². The first kappa shape index (κ1) is 16.0. The van der Waals surface area contributed by atoms with E-state index in [4.69, 9.17) is 9.84 Å². The van der Waals surface area contributed by atoms with Gasteiger partial charge in [0.1, 0.15) is 12.4 Å². The Kier molecular flexibility index (Phi) is 5.06. The van der Waals surface area contributed by atoms with E-state index < -0.39 is 5.97 Å². The molecular formula is C20H19NO3. The van der Waals surface area contributed by atoms with Crippen molar-refractivity contribution in [3.8, 4) is 5.75 Å². The highest BCUT2D eigenvalue weighted by Crippen LogP contribution is 2.20.